The predicted octanol–water partition coefficient (Wildman–Crippen LogP) is 1.90. The van der Waals surface area contributed by atoms with Crippen LogP contribution >= 0.6 is 11.6 Å². The first-order valence-corrected chi connectivity index (χ1v) is 7.85. The molecule has 1 aliphatic carbocycles. The Bertz CT molecular complexity index is 478. The van der Waals surface area contributed by atoms with Gasteiger partial charge in [0.05, 0.1) is 10.8 Å². The molecule has 1 aliphatic rings. The molecule has 0 saturated heterocycles. The Morgan fingerprint density at radius 2 is 2.17 bits per heavy atom. The molecule has 0 aromatic carbocycles. The molecule has 1 atom stereocenters. The molecule has 0 radical (unpaired) electrons. The maximum Gasteiger partial charge on any atom is 0.228 e. The molecular weight excluding hydrogens is 272 g/mol. The molecular formula is C11H17ClN4OS. The first-order chi connectivity index (χ1) is 8.52. The summed E-state index contributed by atoms with van der Waals surface area (Å²) in [5.74, 6) is 1.16. The number of hydrogen-bond acceptors (Lipinski definition) is 5. The zero-order valence-corrected chi connectivity index (χ0v) is 12.3. The van der Waals surface area contributed by atoms with Gasteiger partial charge < -0.3 is 10.2 Å². The lowest BCUT2D eigenvalue weighted by Gasteiger charge is -2.17. The van der Waals surface area contributed by atoms with Crippen LogP contribution in [-0.2, 0) is 10.8 Å². The molecule has 1 N–H and O–H groups in total. The van der Waals surface area contributed by atoms with Crippen molar-refractivity contribution in [3.63, 3.8) is 0 Å². The standard InChI is InChI=1S/C11H17ClN4OS/c1-4-16(2)11-14-9(12)8(18(3)17)10(15-11)13-7-5-6-7/h7H,4-6H2,1-3H3,(H,13,14,15). The number of nitrogens with one attached hydrogen (secondary N) is 1. The van der Waals surface area contributed by atoms with Crippen LogP contribution < -0.4 is 10.2 Å². The third-order valence-electron chi connectivity index (χ3n) is 2.83. The smallest absolute Gasteiger partial charge is 0.228 e. The second-order valence-electron chi connectivity index (χ2n) is 4.38. The van der Waals surface area contributed by atoms with E-state index in [2.05, 4.69) is 15.3 Å². The molecule has 1 aromatic rings. The van der Waals surface area contributed by atoms with Crippen LogP contribution in [0.5, 0.6) is 0 Å². The Hall–Kier alpha value is -0.880. The molecule has 18 heavy (non-hydrogen) atoms. The SMILES string of the molecule is CCN(C)c1nc(Cl)c(S(C)=O)c(NC2CC2)n1. The van der Waals surface area contributed by atoms with E-state index in [9.17, 15) is 4.21 Å². The van der Waals surface area contributed by atoms with Gasteiger partial charge in [-0.1, -0.05) is 11.6 Å². The van der Waals surface area contributed by atoms with Crippen molar-refractivity contribution in [3.05, 3.63) is 5.15 Å². The van der Waals surface area contributed by atoms with Crippen LogP contribution in [0.25, 0.3) is 0 Å². The highest BCUT2D eigenvalue weighted by molar-refractivity contribution is 7.84. The van der Waals surface area contributed by atoms with E-state index in [0.717, 1.165) is 19.4 Å². The highest BCUT2D eigenvalue weighted by Gasteiger charge is 2.25. The number of nitrogens with zero attached hydrogens (tertiary/aromatic N) is 3. The van der Waals surface area contributed by atoms with Crippen molar-refractivity contribution in [2.75, 3.05) is 30.1 Å². The second-order valence-corrected chi connectivity index (χ2v) is 6.05. The van der Waals surface area contributed by atoms with Crippen molar-refractivity contribution in [3.8, 4) is 0 Å². The van der Waals surface area contributed by atoms with Gasteiger partial charge in [0.15, 0.2) is 5.15 Å². The minimum atomic E-state index is -1.20. The van der Waals surface area contributed by atoms with Crippen LogP contribution in [0, 0.1) is 0 Å². The molecule has 1 aromatic heterocycles. The van der Waals surface area contributed by atoms with Crippen LogP contribution in [0.3, 0.4) is 0 Å². The van der Waals surface area contributed by atoms with Crippen molar-refractivity contribution >= 4 is 34.2 Å². The Morgan fingerprint density at radius 3 is 2.67 bits per heavy atom. The Labute approximate surface area is 114 Å². The fourth-order valence-electron chi connectivity index (χ4n) is 1.50. The van der Waals surface area contributed by atoms with E-state index in [4.69, 9.17) is 11.6 Å². The average Bonchev–Trinajstić information content (AvgIpc) is 3.10. The molecule has 1 fully saturated rings. The maximum atomic E-state index is 11.7. The van der Waals surface area contributed by atoms with Gasteiger partial charge >= 0.3 is 0 Å². The Morgan fingerprint density at radius 1 is 1.50 bits per heavy atom. The van der Waals surface area contributed by atoms with E-state index in [0.29, 0.717) is 22.7 Å². The van der Waals surface area contributed by atoms with E-state index in [1.165, 1.54) is 0 Å². The first kappa shape index (κ1) is 13.5. The van der Waals surface area contributed by atoms with Gasteiger partial charge in [-0.2, -0.15) is 9.97 Å². The summed E-state index contributed by atoms with van der Waals surface area (Å²) in [4.78, 5) is 11.0. The maximum absolute atomic E-state index is 11.7. The van der Waals surface area contributed by atoms with Crippen molar-refractivity contribution < 1.29 is 4.21 Å². The highest BCUT2D eigenvalue weighted by Crippen LogP contribution is 2.31. The zero-order valence-electron chi connectivity index (χ0n) is 10.7. The fourth-order valence-corrected chi connectivity index (χ4v) is 2.65. The summed E-state index contributed by atoms with van der Waals surface area (Å²) in [6.45, 7) is 2.80. The number of halogens is 1. The third-order valence-corrected chi connectivity index (χ3v) is 4.18. The Kier molecular flexibility index (Phi) is 4.07. The van der Waals surface area contributed by atoms with Crippen molar-refractivity contribution in [2.45, 2.75) is 30.7 Å². The summed E-state index contributed by atoms with van der Waals surface area (Å²) in [5.41, 5.74) is 0. The minimum absolute atomic E-state index is 0.268. The number of aromatic nitrogens is 2. The van der Waals surface area contributed by atoms with Gasteiger partial charge in [0.2, 0.25) is 5.95 Å². The van der Waals surface area contributed by atoms with E-state index in [1.54, 1.807) is 6.26 Å². The number of anilines is 2. The molecule has 5 nitrogen and oxygen atoms in total. The van der Waals surface area contributed by atoms with Crippen LogP contribution in [0.2, 0.25) is 5.15 Å². The van der Waals surface area contributed by atoms with E-state index < -0.39 is 10.8 Å². The summed E-state index contributed by atoms with van der Waals surface area (Å²) >= 11 is 6.12. The lowest BCUT2D eigenvalue weighted by molar-refractivity contribution is 0.686. The fraction of sp³-hybridized carbons (Fsp3) is 0.636. The van der Waals surface area contributed by atoms with Crippen LogP contribution in [0.15, 0.2) is 4.90 Å². The van der Waals surface area contributed by atoms with Gasteiger partial charge in [0.1, 0.15) is 10.7 Å². The zero-order chi connectivity index (χ0) is 13.3. The molecule has 7 heteroatoms. The number of hydrogen-bond donors (Lipinski definition) is 1. The van der Waals surface area contributed by atoms with Crippen LogP contribution in [0.1, 0.15) is 19.8 Å². The van der Waals surface area contributed by atoms with Crippen molar-refractivity contribution in [2.24, 2.45) is 0 Å². The predicted molar refractivity (Wildman–Crippen MR) is 75.0 cm³/mol. The lowest BCUT2D eigenvalue weighted by atomic mass is 10.5. The topological polar surface area (TPSA) is 58.1 Å². The monoisotopic (exact) mass is 288 g/mol. The first-order valence-electron chi connectivity index (χ1n) is 5.91. The summed E-state index contributed by atoms with van der Waals surface area (Å²) < 4.78 is 11.7. The summed E-state index contributed by atoms with van der Waals surface area (Å²) in [6, 6.07) is 0.429. The Balaban J connectivity index is 2.42. The lowest BCUT2D eigenvalue weighted by Crippen LogP contribution is -2.20. The van der Waals surface area contributed by atoms with E-state index in [1.807, 2.05) is 18.9 Å². The summed E-state index contributed by atoms with van der Waals surface area (Å²) in [5, 5.41) is 3.54. The molecule has 1 heterocycles. The van der Waals surface area contributed by atoms with Crippen molar-refractivity contribution in [1.29, 1.82) is 0 Å². The van der Waals surface area contributed by atoms with Gasteiger partial charge in [-0.25, -0.2) is 0 Å². The minimum Gasteiger partial charge on any atom is -0.366 e. The molecule has 1 saturated carbocycles. The molecule has 0 spiro atoms. The molecule has 100 valence electrons. The molecule has 0 bridgehead atoms. The normalized spacial score (nSPS) is 16.4. The van der Waals surface area contributed by atoms with E-state index >= 15 is 0 Å². The second kappa shape index (κ2) is 5.40. The molecule has 2 rings (SSSR count). The highest BCUT2D eigenvalue weighted by atomic mass is 35.5. The average molecular weight is 289 g/mol. The molecule has 1 unspecified atom stereocenters. The largest absolute Gasteiger partial charge is 0.366 e. The van der Waals surface area contributed by atoms with Gasteiger partial charge in [-0.3, -0.25) is 4.21 Å². The van der Waals surface area contributed by atoms with Crippen LogP contribution in [0.4, 0.5) is 11.8 Å². The van der Waals surface area contributed by atoms with Gasteiger partial charge in [-0.05, 0) is 19.8 Å². The summed E-state index contributed by atoms with van der Waals surface area (Å²) in [6.07, 6.45) is 3.83. The van der Waals surface area contributed by atoms with Gasteiger partial charge in [-0.15, -0.1) is 0 Å². The van der Waals surface area contributed by atoms with Gasteiger partial charge in [0, 0.05) is 25.9 Å². The molecule has 0 amide bonds. The van der Waals surface area contributed by atoms with Gasteiger partial charge in [0.25, 0.3) is 0 Å². The summed E-state index contributed by atoms with van der Waals surface area (Å²) in [7, 11) is 0.696. The van der Waals surface area contributed by atoms with E-state index in [-0.39, 0.29) is 5.15 Å². The number of rotatable bonds is 5. The quantitative estimate of drug-likeness (QED) is 0.839. The third kappa shape index (κ3) is 2.92. The van der Waals surface area contributed by atoms with Crippen molar-refractivity contribution in [1.82, 2.24) is 9.97 Å². The molecule has 0 aliphatic heterocycles. The van der Waals surface area contributed by atoms with Crippen LogP contribution in [-0.4, -0.2) is 40.1 Å².